The van der Waals surface area contributed by atoms with E-state index in [9.17, 15) is 8.42 Å². The molecule has 7 heteroatoms. The molecule has 0 aromatic carbocycles. The van der Waals surface area contributed by atoms with E-state index in [1.54, 1.807) is 6.07 Å². The van der Waals surface area contributed by atoms with Gasteiger partial charge in [-0.2, -0.15) is 0 Å². The standard InChI is InChI=1S/C12H20N4O2S/c1-9-4-2-3-5-11(9)16-19(17,18)10-6-7-12(15-13)14-8-10/h6-9,11,16H,2-5,13H2,1H3,(H,14,15). The molecule has 106 valence electrons. The number of nitrogens with zero attached hydrogens (tertiary/aromatic N) is 1. The molecule has 0 radical (unpaired) electrons. The zero-order valence-corrected chi connectivity index (χ0v) is 11.8. The van der Waals surface area contributed by atoms with Gasteiger partial charge in [-0.15, -0.1) is 0 Å². The van der Waals surface area contributed by atoms with E-state index in [0.717, 1.165) is 19.3 Å². The van der Waals surface area contributed by atoms with Crippen LogP contribution in [0.4, 0.5) is 5.82 Å². The van der Waals surface area contributed by atoms with Crippen LogP contribution in [0.15, 0.2) is 23.2 Å². The van der Waals surface area contributed by atoms with Crippen LogP contribution in [-0.2, 0) is 10.0 Å². The number of hydrogen-bond acceptors (Lipinski definition) is 5. The van der Waals surface area contributed by atoms with Crippen molar-refractivity contribution in [3.63, 3.8) is 0 Å². The van der Waals surface area contributed by atoms with Crippen LogP contribution in [0.25, 0.3) is 0 Å². The number of nitrogens with one attached hydrogen (secondary N) is 2. The average Bonchev–Trinajstić information content (AvgIpc) is 2.41. The molecule has 2 atom stereocenters. The first-order valence-corrected chi connectivity index (χ1v) is 7.96. The molecule has 1 saturated carbocycles. The second-order valence-electron chi connectivity index (χ2n) is 5.01. The Bertz CT molecular complexity index is 515. The Morgan fingerprint density at radius 1 is 1.32 bits per heavy atom. The van der Waals surface area contributed by atoms with Crippen LogP contribution in [0.2, 0.25) is 0 Å². The van der Waals surface area contributed by atoms with Crippen LogP contribution in [0.1, 0.15) is 32.6 Å². The van der Waals surface area contributed by atoms with E-state index in [4.69, 9.17) is 5.84 Å². The summed E-state index contributed by atoms with van der Waals surface area (Å²) in [6.07, 6.45) is 5.53. The van der Waals surface area contributed by atoms with Crippen LogP contribution in [-0.4, -0.2) is 19.4 Å². The molecule has 1 aliphatic rings. The van der Waals surface area contributed by atoms with Gasteiger partial charge >= 0.3 is 0 Å². The highest BCUT2D eigenvalue weighted by Crippen LogP contribution is 2.25. The predicted molar refractivity (Wildman–Crippen MR) is 73.8 cm³/mol. The molecule has 2 rings (SSSR count). The van der Waals surface area contributed by atoms with Crippen molar-refractivity contribution in [1.82, 2.24) is 9.71 Å². The van der Waals surface area contributed by atoms with Crippen LogP contribution in [0.3, 0.4) is 0 Å². The fourth-order valence-electron chi connectivity index (χ4n) is 2.38. The third-order valence-electron chi connectivity index (χ3n) is 3.61. The molecule has 0 aliphatic heterocycles. The van der Waals surface area contributed by atoms with Gasteiger partial charge in [-0.25, -0.2) is 24.0 Å². The summed E-state index contributed by atoms with van der Waals surface area (Å²) in [4.78, 5) is 4.09. The summed E-state index contributed by atoms with van der Waals surface area (Å²) < 4.78 is 27.3. The van der Waals surface area contributed by atoms with E-state index in [-0.39, 0.29) is 10.9 Å². The lowest BCUT2D eigenvalue weighted by atomic mass is 9.87. The maximum atomic E-state index is 12.2. The Balaban J connectivity index is 2.12. The molecule has 1 aliphatic carbocycles. The van der Waals surface area contributed by atoms with Gasteiger partial charge in [-0.3, -0.25) is 0 Å². The summed E-state index contributed by atoms with van der Waals surface area (Å²) >= 11 is 0. The molecule has 0 spiro atoms. The monoisotopic (exact) mass is 284 g/mol. The lowest BCUT2D eigenvalue weighted by Crippen LogP contribution is -2.41. The number of anilines is 1. The highest BCUT2D eigenvalue weighted by molar-refractivity contribution is 7.89. The third kappa shape index (κ3) is 3.43. The summed E-state index contributed by atoms with van der Waals surface area (Å²) in [5.74, 6) is 6.01. The van der Waals surface area contributed by atoms with Gasteiger partial charge in [0.25, 0.3) is 0 Å². The number of pyridine rings is 1. The highest BCUT2D eigenvalue weighted by Gasteiger charge is 2.26. The number of nitrogens with two attached hydrogens (primary N) is 1. The van der Waals surface area contributed by atoms with Crippen molar-refractivity contribution in [2.24, 2.45) is 11.8 Å². The Morgan fingerprint density at radius 2 is 2.05 bits per heavy atom. The summed E-state index contributed by atoms with van der Waals surface area (Å²) in [5, 5.41) is 0. The SMILES string of the molecule is CC1CCCCC1NS(=O)(=O)c1ccc(NN)nc1. The molecule has 1 fully saturated rings. The maximum absolute atomic E-state index is 12.2. The van der Waals surface area contributed by atoms with Gasteiger partial charge in [0.05, 0.1) is 0 Å². The first-order chi connectivity index (χ1) is 9.03. The molecule has 0 saturated heterocycles. The second-order valence-corrected chi connectivity index (χ2v) is 6.73. The van der Waals surface area contributed by atoms with Gasteiger partial charge in [0.15, 0.2) is 0 Å². The van der Waals surface area contributed by atoms with Crippen molar-refractivity contribution >= 4 is 15.8 Å². The minimum Gasteiger partial charge on any atom is -0.308 e. The molecule has 0 bridgehead atoms. The van der Waals surface area contributed by atoms with E-state index in [2.05, 4.69) is 22.1 Å². The zero-order chi connectivity index (χ0) is 13.9. The van der Waals surface area contributed by atoms with Gasteiger partial charge in [0, 0.05) is 12.2 Å². The predicted octanol–water partition coefficient (Wildman–Crippen LogP) is 1.22. The van der Waals surface area contributed by atoms with Crippen molar-refractivity contribution in [1.29, 1.82) is 0 Å². The number of hydrogen-bond donors (Lipinski definition) is 3. The third-order valence-corrected chi connectivity index (χ3v) is 5.09. The summed E-state index contributed by atoms with van der Waals surface area (Å²) in [7, 11) is -3.50. The van der Waals surface area contributed by atoms with Crippen molar-refractivity contribution in [3.8, 4) is 0 Å². The minimum absolute atomic E-state index is 0.0195. The first-order valence-electron chi connectivity index (χ1n) is 6.48. The lowest BCUT2D eigenvalue weighted by Gasteiger charge is -2.29. The molecule has 6 nitrogen and oxygen atoms in total. The fourth-order valence-corrected chi connectivity index (χ4v) is 3.71. The molecule has 4 N–H and O–H groups in total. The van der Waals surface area contributed by atoms with Crippen LogP contribution >= 0.6 is 0 Å². The smallest absolute Gasteiger partial charge is 0.242 e. The van der Waals surface area contributed by atoms with Gasteiger partial charge in [0.2, 0.25) is 10.0 Å². The number of nitrogen functional groups attached to an aromatic ring is 1. The topological polar surface area (TPSA) is 97.1 Å². The lowest BCUT2D eigenvalue weighted by molar-refractivity contribution is 0.310. The Morgan fingerprint density at radius 3 is 2.63 bits per heavy atom. The molecule has 2 unspecified atom stereocenters. The normalized spacial score (nSPS) is 24.1. The van der Waals surface area contributed by atoms with E-state index in [1.807, 2.05) is 0 Å². The number of rotatable bonds is 4. The summed E-state index contributed by atoms with van der Waals surface area (Å²) in [6.45, 7) is 2.09. The van der Waals surface area contributed by atoms with E-state index in [1.165, 1.54) is 18.7 Å². The largest absolute Gasteiger partial charge is 0.308 e. The number of hydrazine groups is 1. The molecule has 1 aromatic rings. The maximum Gasteiger partial charge on any atom is 0.242 e. The Kier molecular flexibility index (Phi) is 4.38. The Hall–Kier alpha value is -1.18. The molecule has 1 aromatic heterocycles. The van der Waals surface area contributed by atoms with Crippen molar-refractivity contribution in [2.45, 2.75) is 43.5 Å². The molecular formula is C12H20N4O2S. The van der Waals surface area contributed by atoms with Gasteiger partial charge < -0.3 is 5.43 Å². The summed E-state index contributed by atoms with van der Waals surface area (Å²) in [6, 6.07) is 3.06. The summed E-state index contributed by atoms with van der Waals surface area (Å²) in [5.41, 5.74) is 2.37. The van der Waals surface area contributed by atoms with Crippen LogP contribution in [0, 0.1) is 5.92 Å². The molecule has 1 heterocycles. The van der Waals surface area contributed by atoms with Crippen molar-refractivity contribution < 1.29 is 8.42 Å². The second kappa shape index (κ2) is 5.85. The van der Waals surface area contributed by atoms with Crippen molar-refractivity contribution in [3.05, 3.63) is 18.3 Å². The van der Waals surface area contributed by atoms with Gasteiger partial charge in [-0.1, -0.05) is 19.8 Å². The van der Waals surface area contributed by atoms with E-state index >= 15 is 0 Å². The number of sulfonamides is 1. The van der Waals surface area contributed by atoms with Crippen LogP contribution < -0.4 is 16.0 Å². The van der Waals surface area contributed by atoms with Gasteiger partial charge in [-0.05, 0) is 30.9 Å². The average molecular weight is 284 g/mol. The molecule has 19 heavy (non-hydrogen) atoms. The molecular weight excluding hydrogens is 264 g/mol. The fraction of sp³-hybridized carbons (Fsp3) is 0.583. The van der Waals surface area contributed by atoms with E-state index < -0.39 is 10.0 Å². The van der Waals surface area contributed by atoms with Crippen molar-refractivity contribution in [2.75, 3.05) is 5.43 Å². The van der Waals surface area contributed by atoms with Crippen LogP contribution in [0.5, 0.6) is 0 Å². The highest BCUT2D eigenvalue weighted by atomic mass is 32.2. The zero-order valence-electron chi connectivity index (χ0n) is 11.0. The van der Waals surface area contributed by atoms with E-state index in [0.29, 0.717) is 11.7 Å². The quantitative estimate of drug-likeness (QED) is 0.570. The number of aromatic nitrogens is 1. The van der Waals surface area contributed by atoms with Gasteiger partial charge in [0.1, 0.15) is 10.7 Å². The molecule has 0 amide bonds. The minimum atomic E-state index is -3.50. The Labute approximate surface area is 113 Å². The first kappa shape index (κ1) is 14.2.